The first-order valence-corrected chi connectivity index (χ1v) is 14.3. The average molecular weight is 555 g/mol. The van der Waals surface area contributed by atoms with E-state index in [9.17, 15) is 0 Å². The maximum atomic E-state index is 3.66. The van der Waals surface area contributed by atoms with E-state index in [4.69, 9.17) is 0 Å². The van der Waals surface area contributed by atoms with Gasteiger partial charge in [0, 0.05) is 0 Å². The molecule has 0 aliphatic heterocycles. The summed E-state index contributed by atoms with van der Waals surface area (Å²) >= 11 is 2.08. The minimum atomic E-state index is 0. The number of allylic oxidation sites excluding steroid dienone is 4. The van der Waals surface area contributed by atoms with Gasteiger partial charge in [-0.15, -0.1) is 12.0 Å². The molecule has 0 saturated heterocycles. The molecule has 0 unspecified atom stereocenters. The fourth-order valence-electron chi connectivity index (χ4n) is 5.82. The third-order valence-corrected chi connectivity index (χ3v) is 7.58. The molecule has 0 aromatic heterocycles. The zero-order valence-corrected chi connectivity index (χ0v) is 25.1. The molecule has 0 spiro atoms. The van der Waals surface area contributed by atoms with E-state index >= 15 is 0 Å². The van der Waals surface area contributed by atoms with E-state index in [0.717, 1.165) is 24.7 Å². The molecule has 0 atom stereocenters. The van der Waals surface area contributed by atoms with Gasteiger partial charge in [-0.2, -0.15) is 35.4 Å². The summed E-state index contributed by atoms with van der Waals surface area (Å²) in [6.07, 6.45) is 25.1. The molecular weight excluding hydrogens is 515 g/mol. The van der Waals surface area contributed by atoms with Crippen LogP contribution in [0.5, 0.6) is 0 Å². The molecule has 0 N–H and O–H groups in total. The van der Waals surface area contributed by atoms with Gasteiger partial charge in [0.2, 0.25) is 0 Å². The first kappa shape index (κ1) is 31.3. The summed E-state index contributed by atoms with van der Waals surface area (Å²) in [6.45, 7) is 4.17. The Morgan fingerprint density at radius 1 is 0.806 bits per heavy atom. The molecule has 0 amide bonds. The number of fused-ring (bicyclic) bond motifs is 3. The Bertz CT molecular complexity index is 944. The Balaban J connectivity index is 0.000000357. The van der Waals surface area contributed by atoms with Crippen molar-refractivity contribution in [2.75, 3.05) is 0 Å². The second kappa shape index (κ2) is 16.1. The van der Waals surface area contributed by atoms with Crippen LogP contribution in [0.3, 0.4) is 0 Å². The van der Waals surface area contributed by atoms with Gasteiger partial charge < -0.3 is 24.8 Å². The van der Waals surface area contributed by atoms with E-state index in [1.54, 1.807) is 11.1 Å². The third-order valence-electron chi connectivity index (χ3n) is 7.58. The maximum Gasteiger partial charge on any atom is -0.0162 e. The average Bonchev–Trinajstić information content (AvgIpc) is 3.56. The van der Waals surface area contributed by atoms with Crippen LogP contribution in [0.1, 0.15) is 119 Å². The Morgan fingerprint density at radius 2 is 1.39 bits per heavy atom. The standard InChI is InChI=1S/C25H29.C5H5.C3H6.2ClH.Ti/c1-3-7-18(8-4-1)20-11-13-22-15-23-14-12-21(17-25(23)24(22)16-20)19-9-5-2-6-10-19;1-2-4-5-3-1;1-3-2;;;/h11-13,16-19H,1-10,15H2;1-3H,4H2;1-2H3;2*1H;/q2*-1;;;;+2/p-2. The van der Waals surface area contributed by atoms with E-state index in [1.165, 1.54) is 90.3 Å². The monoisotopic (exact) mass is 554 g/mol. The second-order valence-corrected chi connectivity index (χ2v) is 12.2. The smallest absolute Gasteiger partial charge is 0.0162 e. The molecule has 4 aliphatic carbocycles. The molecule has 4 aliphatic rings. The van der Waals surface area contributed by atoms with Crippen molar-refractivity contribution in [3.05, 3.63) is 83.0 Å². The van der Waals surface area contributed by atoms with Crippen molar-refractivity contribution in [1.82, 2.24) is 0 Å². The predicted octanol–water partition coefficient (Wildman–Crippen LogP) is 3.21. The van der Waals surface area contributed by atoms with E-state index in [2.05, 4.69) is 82.4 Å². The van der Waals surface area contributed by atoms with Gasteiger partial charge in [0.25, 0.3) is 0 Å². The van der Waals surface area contributed by atoms with Gasteiger partial charge in [0.05, 0.1) is 0 Å². The van der Waals surface area contributed by atoms with Crippen molar-refractivity contribution in [2.24, 2.45) is 0 Å². The minimum Gasteiger partial charge on any atom is -1.00 e. The number of rotatable bonds is 2. The first-order valence-electron chi connectivity index (χ1n) is 13.5. The zero-order chi connectivity index (χ0) is 23.8. The number of halogens is 2. The molecule has 0 nitrogen and oxygen atoms in total. The fraction of sp³-hybridized carbons (Fsp3) is 0.485. The van der Waals surface area contributed by atoms with E-state index in [0.29, 0.717) is 0 Å². The van der Waals surface area contributed by atoms with Crippen LogP contribution in [0.4, 0.5) is 0 Å². The quantitative estimate of drug-likeness (QED) is 0.337. The Kier molecular flexibility index (Phi) is 14.0. The molecule has 6 rings (SSSR count). The predicted molar refractivity (Wildman–Crippen MR) is 143 cm³/mol. The van der Waals surface area contributed by atoms with Crippen LogP contribution in [-0.4, -0.2) is 3.81 Å². The van der Waals surface area contributed by atoms with Crippen LogP contribution >= 0.6 is 0 Å². The molecule has 36 heavy (non-hydrogen) atoms. The van der Waals surface area contributed by atoms with Gasteiger partial charge in [0.1, 0.15) is 0 Å². The molecule has 0 heterocycles. The van der Waals surface area contributed by atoms with Gasteiger partial charge in [-0.3, -0.25) is 6.08 Å². The van der Waals surface area contributed by atoms with Gasteiger partial charge in [-0.1, -0.05) is 86.6 Å². The summed E-state index contributed by atoms with van der Waals surface area (Å²) in [5.74, 6) is 1.58. The summed E-state index contributed by atoms with van der Waals surface area (Å²) in [5.41, 5.74) is 9.11. The second-order valence-electron chi connectivity index (χ2n) is 10.6. The van der Waals surface area contributed by atoms with Crippen molar-refractivity contribution < 1.29 is 44.8 Å². The van der Waals surface area contributed by atoms with Crippen LogP contribution in [-0.2, 0) is 26.4 Å². The van der Waals surface area contributed by atoms with Crippen LogP contribution in [0.15, 0.2) is 48.6 Å². The van der Waals surface area contributed by atoms with E-state index < -0.39 is 0 Å². The summed E-state index contributed by atoms with van der Waals surface area (Å²) in [6, 6.07) is 15.9. The van der Waals surface area contributed by atoms with Gasteiger partial charge in [-0.05, 0) is 30.7 Å². The maximum absolute atomic E-state index is 3.66. The summed E-state index contributed by atoms with van der Waals surface area (Å²) in [7, 11) is 0. The van der Waals surface area contributed by atoms with Crippen LogP contribution in [0.25, 0.3) is 11.1 Å². The summed E-state index contributed by atoms with van der Waals surface area (Å²) < 4.78 is 1.42. The topological polar surface area (TPSA) is 0 Å². The molecule has 2 saturated carbocycles. The molecule has 3 heteroatoms. The summed E-state index contributed by atoms with van der Waals surface area (Å²) in [4.78, 5) is 0. The molecule has 2 aromatic rings. The van der Waals surface area contributed by atoms with E-state index in [-0.39, 0.29) is 24.8 Å². The van der Waals surface area contributed by atoms with Crippen LogP contribution < -0.4 is 24.8 Å². The van der Waals surface area contributed by atoms with Crippen molar-refractivity contribution >= 4 is 3.81 Å². The molecule has 2 aromatic carbocycles. The number of benzene rings is 2. The normalized spacial score (nSPS) is 17.9. The first-order chi connectivity index (χ1) is 16.6. The summed E-state index contributed by atoms with van der Waals surface area (Å²) in [5, 5.41) is 0. The Hall–Kier alpha value is -0.916. The van der Waals surface area contributed by atoms with Crippen molar-refractivity contribution in [3.8, 4) is 11.1 Å². The van der Waals surface area contributed by atoms with Crippen LogP contribution in [0, 0.1) is 12.1 Å². The van der Waals surface area contributed by atoms with E-state index in [1.807, 2.05) is 12.2 Å². The number of hydrogen-bond donors (Lipinski definition) is 0. The van der Waals surface area contributed by atoms with Gasteiger partial charge in [-0.25, -0.2) is 12.2 Å². The molecule has 0 bridgehead atoms. The Morgan fingerprint density at radius 3 is 1.92 bits per heavy atom. The largest absolute Gasteiger partial charge is 1.00 e. The molecule has 2 fully saturated rings. The van der Waals surface area contributed by atoms with Gasteiger partial charge >= 0.3 is 37.6 Å². The van der Waals surface area contributed by atoms with Crippen molar-refractivity contribution in [1.29, 1.82) is 0 Å². The van der Waals surface area contributed by atoms with Crippen molar-refractivity contribution in [3.63, 3.8) is 0 Å². The molecular formula is C33H40Cl2Ti-2. The Labute approximate surface area is 244 Å². The molecule has 192 valence electrons. The number of hydrogen-bond acceptors (Lipinski definition) is 0. The van der Waals surface area contributed by atoms with Crippen LogP contribution in [0.2, 0.25) is 0 Å². The fourth-order valence-corrected chi connectivity index (χ4v) is 5.82. The van der Waals surface area contributed by atoms with Gasteiger partial charge in [0.15, 0.2) is 0 Å². The molecule has 0 radical (unpaired) electrons. The minimum absolute atomic E-state index is 0. The van der Waals surface area contributed by atoms with Crippen molar-refractivity contribution in [2.45, 2.75) is 103 Å². The zero-order valence-electron chi connectivity index (χ0n) is 22.0. The third kappa shape index (κ3) is 8.84. The SMILES string of the molecule is C[C](C)=[Ti+2].[C-]1=CC=CC1.[Cl-].[Cl-].[c-]1cc(C2CCCCC2)cc2c1Cc1ccc(C3CCCCC3)cc1-2.